The number of rotatable bonds is 7. The van der Waals surface area contributed by atoms with Crippen LogP contribution in [0.1, 0.15) is 31.7 Å². The SMILES string of the molecule is CCCCC(N=C1NS(=O)(=O)c2ccccc21)C(=O)Nc1ccc(OC)nc1. The van der Waals surface area contributed by atoms with E-state index in [9.17, 15) is 13.2 Å². The first-order valence-electron chi connectivity index (χ1n) is 8.95. The smallest absolute Gasteiger partial charge is 0.263 e. The normalized spacial score (nSPS) is 16.9. The number of sulfonamides is 1. The van der Waals surface area contributed by atoms with Crippen LogP contribution >= 0.6 is 0 Å². The summed E-state index contributed by atoms with van der Waals surface area (Å²) in [5.74, 6) is 0.314. The van der Waals surface area contributed by atoms with Crippen molar-refractivity contribution >= 4 is 27.5 Å². The Kier molecular flexibility index (Phi) is 5.93. The third-order valence-electron chi connectivity index (χ3n) is 4.29. The van der Waals surface area contributed by atoms with Gasteiger partial charge in [0.15, 0.2) is 0 Å². The van der Waals surface area contributed by atoms with Crippen molar-refractivity contribution in [1.29, 1.82) is 0 Å². The van der Waals surface area contributed by atoms with E-state index in [4.69, 9.17) is 4.74 Å². The molecule has 0 aliphatic carbocycles. The molecule has 8 nitrogen and oxygen atoms in total. The Bertz CT molecular complexity index is 987. The van der Waals surface area contributed by atoms with Crippen molar-refractivity contribution in [2.24, 2.45) is 4.99 Å². The number of pyridine rings is 1. The number of hydrogen-bond donors (Lipinski definition) is 2. The second-order valence-electron chi connectivity index (χ2n) is 6.32. The van der Waals surface area contributed by atoms with Gasteiger partial charge in [-0.05, 0) is 24.6 Å². The number of aromatic nitrogens is 1. The molecule has 148 valence electrons. The molecule has 1 aliphatic rings. The summed E-state index contributed by atoms with van der Waals surface area (Å²) in [4.78, 5) is 21.5. The number of hydrogen-bond acceptors (Lipinski definition) is 6. The van der Waals surface area contributed by atoms with E-state index in [-0.39, 0.29) is 16.6 Å². The Balaban J connectivity index is 1.86. The van der Waals surface area contributed by atoms with Gasteiger partial charge in [0.05, 0.1) is 23.9 Å². The molecule has 2 N–H and O–H groups in total. The van der Waals surface area contributed by atoms with Crippen LogP contribution in [0, 0.1) is 0 Å². The molecule has 0 spiro atoms. The minimum Gasteiger partial charge on any atom is -0.481 e. The van der Waals surface area contributed by atoms with Crippen LogP contribution in [0.3, 0.4) is 0 Å². The van der Waals surface area contributed by atoms with Gasteiger partial charge in [-0.25, -0.2) is 13.4 Å². The van der Waals surface area contributed by atoms with E-state index in [1.165, 1.54) is 19.4 Å². The van der Waals surface area contributed by atoms with Gasteiger partial charge >= 0.3 is 0 Å². The maximum atomic E-state index is 12.8. The van der Waals surface area contributed by atoms with E-state index < -0.39 is 16.1 Å². The minimum absolute atomic E-state index is 0.169. The Hall–Kier alpha value is -2.94. The van der Waals surface area contributed by atoms with Crippen molar-refractivity contribution in [2.75, 3.05) is 12.4 Å². The lowest BCUT2D eigenvalue weighted by molar-refractivity contribution is -0.117. The average molecular weight is 402 g/mol. The molecule has 1 aromatic heterocycles. The standard InChI is InChI=1S/C19H22N4O4S/c1-3-4-8-15(19(24)21-13-10-11-17(27-2)20-12-13)22-18-14-7-5-6-9-16(14)28(25,26)23-18/h5-7,9-12,15H,3-4,8H2,1-2H3,(H,21,24)(H,22,23). The average Bonchev–Trinajstić information content (AvgIpc) is 2.96. The van der Waals surface area contributed by atoms with Crippen molar-refractivity contribution in [2.45, 2.75) is 37.1 Å². The molecule has 1 amide bonds. The fourth-order valence-electron chi connectivity index (χ4n) is 2.84. The summed E-state index contributed by atoms with van der Waals surface area (Å²) < 4.78 is 32.0. The van der Waals surface area contributed by atoms with Gasteiger partial charge in [0.2, 0.25) is 11.8 Å². The van der Waals surface area contributed by atoms with Gasteiger partial charge < -0.3 is 10.1 Å². The number of nitrogens with zero attached hydrogens (tertiary/aromatic N) is 2. The van der Waals surface area contributed by atoms with Gasteiger partial charge in [-0.2, -0.15) is 0 Å². The Morgan fingerprint density at radius 3 is 2.75 bits per heavy atom. The fraction of sp³-hybridized carbons (Fsp3) is 0.316. The molecule has 3 rings (SSSR count). The molecular formula is C19H22N4O4S. The zero-order chi connectivity index (χ0) is 20.1. The van der Waals surface area contributed by atoms with Gasteiger partial charge in [0.1, 0.15) is 11.9 Å². The van der Waals surface area contributed by atoms with Gasteiger partial charge in [0, 0.05) is 11.6 Å². The number of anilines is 1. The molecule has 0 fully saturated rings. The lowest BCUT2D eigenvalue weighted by Gasteiger charge is -2.14. The van der Waals surface area contributed by atoms with Crippen LogP contribution in [-0.2, 0) is 14.8 Å². The third kappa shape index (κ3) is 4.30. The number of nitrogens with one attached hydrogen (secondary N) is 2. The molecule has 9 heteroatoms. The molecule has 0 radical (unpaired) electrons. The largest absolute Gasteiger partial charge is 0.481 e. The van der Waals surface area contributed by atoms with E-state index in [0.717, 1.165) is 12.8 Å². The number of carbonyl (C=O) groups excluding carboxylic acids is 1. The summed E-state index contributed by atoms with van der Waals surface area (Å²) in [5.41, 5.74) is 0.989. The van der Waals surface area contributed by atoms with Crippen LogP contribution < -0.4 is 14.8 Å². The number of aliphatic imine (C=N–C) groups is 1. The van der Waals surface area contributed by atoms with Crippen molar-refractivity contribution in [1.82, 2.24) is 9.71 Å². The van der Waals surface area contributed by atoms with Crippen LogP contribution in [0.5, 0.6) is 5.88 Å². The fourth-order valence-corrected chi connectivity index (χ4v) is 4.08. The highest BCUT2D eigenvalue weighted by atomic mass is 32.2. The summed E-state index contributed by atoms with van der Waals surface area (Å²) in [6, 6.07) is 9.18. The Morgan fingerprint density at radius 1 is 1.29 bits per heavy atom. The Labute approximate surface area is 164 Å². The molecule has 2 aromatic rings. The highest BCUT2D eigenvalue weighted by molar-refractivity contribution is 7.90. The number of amidine groups is 1. The second-order valence-corrected chi connectivity index (χ2v) is 7.97. The van der Waals surface area contributed by atoms with Crippen LogP contribution in [0.4, 0.5) is 5.69 Å². The Morgan fingerprint density at radius 2 is 2.07 bits per heavy atom. The molecule has 1 atom stereocenters. The number of carbonyl (C=O) groups is 1. The molecule has 28 heavy (non-hydrogen) atoms. The highest BCUT2D eigenvalue weighted by Gasteiger charge is 2.31. The third-order valence-corrected chi connectivity index (χ3v) is 5.69. The molecule has 2 heterocycles. The van der Waals surface area contributed by atoms with Gasteiger partial charge in [0.25, 0.3) is 10.0 Å². The first kappa shape index (κ1) is 19.8. The van der Waals surface area contributed by atoms with Gasteiger partial charge in [-0.3, -0.25) is 14.5 Å². The predicted octanol–water partition coefficient (Wildman–Crippen LogP) is 2.33. The number of amides is 1. The van der Waals surface area contributed by atoms with Crippen LogP contribution in [-0.4, -0.2) is 38.3 Å². The number of unbranched alkanes of at least 4 members (excludes halogenated alkanes) is 1. The van der Waals surface area contributed by atoms with Crippen molar-refractivity contribution < 1.29 is 17.9 Å². The molecule has 1 aliphatic heterocycles. The first-order chi connectivity index (χ1) is 13.4. The zero-order valence-corrected chi connectivity index (χ0v) is 16.5. The maximum absolute atomic E-state index is 12.8. The lowest BCUT2D eigenvalue weighted by atomic mass is 10.1. The molecule has 0 bridgehead atoms. The highest BCUT2D eigenvalue weighted by Crippen LogP contribution is 2.23. The van der Waals surface area contributed by atoms with E-state index in [1.807, 2.05) is 6.92 Å². The molecule has 1 unspecified atom stereocenters. The number of ether oxygens (including phenoxy) is 1. The van der Waals surface area contributed by atoms with Crippen molar-refractivity contribution in [3.63, 3.8) is 0 Å². The summed E-state index contributed by atoms with van der Waals surface area (Å²) in [7, 11) is -2.14. The quantitative estimate of drug-likeness (QED) is 0.739. The summed E-state index contributed by atoms with van der Waals surface area (Å²) in [5, 5.41) is 2.78. The van der Waals surface area contributed by atoms with Crippen molar-refractivity contribution in [3.8, 4) is 5.88 Å². The van der Waals surface area contributed by atoms with Gasteiger partial charge in [-0.1, -0.05) is 31.9 Å². The number of fused-ring (bicyclic) bond motifs is 1. The monoisotopic (exact) mass is 402 g/mol. The van der Waals surface area contributed by atoms with Crippen LogP contribution in [0.15, 0.2) is 52.5 Å². The zero-order valence-electron chi connectivity index (χ0n) is 15.7. The van der Waals surface area contributed by atoms with Crippen LogP contribution in [0.2, 0.25) is 0 Å². The van der Waals surface area contributed by atoms with Crippen LogP contribution in [0.25, 0.3) is 0 Å². The maximum Gasteiger partial charge on any atom is 0.263 e. The van der Waals surface area contributed by atoms with Gasteiger partial charge in [-0.15, -0.1) is 0 Å². The summed E-state index contributed by atoms with van der Waals surface area (Å²) >= 11 is 0. The minimum atomic E-state index is -3.65. The number of methoxy groups -OCH3 is 1. The van der Waals surface area contributed by atoms with E-state index in [1.54, 1.807) is 30.3 Å². The molecular weight excluding hydrogens is 380 g/mol. The molecule has 0 saturated heterocycles. The summed E-state index contributed by atoms with van der Waals surface area (Å²) in [6.07, 6.45) is 3.67. The molecule has 0 saturated carbocycles. The van der Waals surface area contributed by atoms with E-state index in [0.29, 0.717) is 23.6 Å². The summed E-state index contributed by atoms with van der Waals surface area (Å²) in [6.45, 7) is 2.02. The van der Waals surface area contributed by atoms with E-state index in [2.05, 4.69) is 20.0 Å². The molecule has 1 aromatic carbocycles. The number of benzene rings is 1. The first-order valence-corrected chi connectivity index (χ1v) is 10.4. The predicted molar refractivity (Wildman–Crippen MR) is 106 cm³/mol. The second kappa shape index (κ2) is 8.39. The van der Waals surface area contributed by atoms with Crippen molar-refractivity contribution in [3.05, 3.63) is 48.2 Å². The van der Waals surface area contributed by atoms with E-state index >= 15 is 0 Å². The topological polar surface area (TPSA) is 110 Å². The lowest BCUT2D eigenvalue weighted by Crippen LogP contribution is -2.30.